The van der Waals surface area contributed by atoms with Gasteiger partial charge in [0.25, 0.3) is 5.91 Å². The Hall–Kier alpha value is -3.67. The number of nitrogens with zero attached hydrogens (tertiary/aromatic N) is 3. The van der Waals surface area contributed by atoms with E-state index in [0.29, 0.717) is 23.4 Å². The van der Waals surface area contributed by atoms with Crippen LogP contribution in [-0.2, 0) is 0 Å². The van der Waals surface area contributed by atoms with Crippen LogP contribution in [0.3, 0.4) is 0 Å². The van der Waals surface area contributed by atoms with Gasteiger partial charge >= 0.3 is 0 Å². The Morgan fingerprint density at radius 1 is 0.966 bits per heavy atom. The van der Waals surface area contributed by atoms with Gasteiger partial charge in [0.15, 0.2) is 0 Å². The average Bonchev–Trinajstić information content (AvgIpc) is 3.18. The van der Waals surface area contributed by atoms with E-state index in [2.05, 4.69) is 22.4 Å². The van der Waals surface area contributed by atoms with E-state index >= 15 is 0 Å². The van der Waals surface area contributed by atoms with Crippen LogP contribution in [0.4, 0.5) is 5.69 Å². The van der Waals surface area contributed by atoms with Crippen molar-refractivity contribution in [1.82, 2.24) is 15.0 Å². The Kier molecular flexibility index (Phi) is 5.52. The fourth-order valence-corrected chi connectivity index (χ4v) is 2.91. The number of hydrogen-bond acceptors (Lipinski definition) is 4. The summed E-state index contributed by atoms with van der Waals surface area (Å²) >= 11 is 0. The number of fused-ring (bicyclic) bond motifs is 1. The Morgan fingerprint density at radius 2 is 1.72 bits per heavy atom. The summed E-state index contributed by atoms with van der Waals surface area (Å²) in [6.07, 6.45) is 2.10. The highest BCUT2D eigenvalue weighted by Crippen LogP contribution is 2.19. The molecule has 0 radical (unpaired) electrons. The van der Waals surface area contributed by atoms with Crippen molar-refractivity contribution in [2.45, 2.75) is 19.8 Å². The van der Waals surface area contributed by atoms with Crippen molar-refractivity contribution in [3.63, 3.8) is 0 Å². The van der Waals surface area contributed by atoms with Gasteiger partial charge in [0.2, 0.25) is 0 Å². The van der Waals surface area contributed by atoms with Crippen LogP contribution in [0, 0.1) is 0 Å². The van der Waals surface area contributed by atoms with E-state index in [-0.39, 0.29) is 5.91 Å². The molecule has 29 heavy (non-hydrogen) atoms. The van der Waals surface area contributed by atoms with E-state index < -0.39 is 0 Å². The van der Waals surface area contributed by atoms with Crippen molar-refractivity contribution < 1.29 is 9.53 Å². The highest BCUT2D eigenvalue weighted by atomic mass is 16.5. The summed E-state index contributed by atoms with van der Waals surface area (Å²) in [6.45, 7) is 2.81. The van der Waals surface area contributed by atoms with Gasteiger partial charge in [-0.1, -0.05) is 31.5 Å². The monoisotopic (exact) mass is 386 g/mol. The fourth-order valence-electron chi connectivity index (χ4n) is 2.91. The number of hydrogen-bond donors (Lipinski definition) is 1. The summed E-state index contributed by atoms with van der Waals surface area (Å²) in [7, 11) is 0. The Balaban J connectivity index is 1.46. The van der Waals surface area contributed by atoms with Gasteiger partial charge in [-0.25, -0.2) is 0 Å². The molecule has 0 saturated carbocycles. The van der Waals surface area contributed by atoms with Gasteiger partial charge in [-0.2, -0.15) is 4.80 Å². The van der Waals surface area contributed by atoms with E-state index in [1.807, 2.05) is 60.7 Å². The van der Waals surface area contributed by atoms with Gasteiger partial charge in [-0.3, -0.25) is 4.79 Å². The number of aromatic nitrogens is 3. The molecule has 1 heterocycles. The predicted molar refractivity (Wildman–Crippen MR) is 114 cm³/mol. The molecule has 146 valence electrons. The zero-order valence-corrected chi connectivity index (χ0v) is 16.2. The van der Waals surface area contributed by atoms with Gasteiger partial charge in [0.05, 0.1) is 12.3 Å². The number of benzene rings is 3. The number of carbonyl (C=O) groups excluding carboxylic acids is 1. The molecule has 0 fully saturated rings. The van der Waals surface area contributed by atoms with Crippen molar-refractivity contribution in [3.05, 3.63) is 78.4 Å². The van der Waals surface area contributed by atoms with E-state index in [0.717, 1.165) is 29.8 Å². The van der Waals surface area contributed by atoms with Crippen LogP contribution in [0.1, 0.15) is 30.1 Å². The molecule has 1 N–H and O–H groups in total. The normalized spacial score (nSPS) is 10.8. The molecule has 0 bridgehead atoms. The number of nitrogens with one attached hydrogen (secondary N) is 1. The molecule has 1 amide bonds. The molecule has 1 aromatic heterocycles. The summed E-state index contributed by atoms with van der Waals surface area (Å²) in [4.78, 5) is 14.1. The number of unbranched alkanes of at least 4 members (excludes halogenated alkanes) is 1. The van der Waals surface area contributed by atoms with Crippen LogP contribution < -0.4 is 10.1 Å². The van der Waals surface area contributed by atoms with Gasteiger partial charge in [-0.15, -0.1) is 10.2 Å². The van der Waals surface area contributed by atoms with E-state index in [1.165, 1.54) is 0 Å². The zero-order valence-electron chi connectivity index (χ0n) is 16.2. The number of ether oxygens (including phenoxy) is 1. The number of amides is 1. The lowest BCUT2D eigenvalue weighted by atomic mass is 10.2. The molecule has 0 saturated heterocycles. The lowest BCUT2D eigenvalue weighted by Crippen LogP contribution is -2.11. The highest BCUT2D eigenvalue weighted by molar-refractivity contribution is 6.05. The van der Waals surface area contributed by atoms with E-state index in [4.69, 9.17) is 4.74 Å². The lowest BCUT2D eigenvalue weighted by molar-refractivity contribution is 0.102. The van der Waals surface area contributed by atoms with Crippen LogP contribution >= 0.6 is 0 Å². The molecule has 4 aromatic rings. The smallest absolute Gasteiger partial charge is 0.255 e. The lowest BCUT2D eigenvalue weighted by Gasteiger charge is -2.07. The molecule has 0 spiro atoms. The third-order valence-electron chi connectivity index (χ3n) is 4.51. The molecular weight excluding hydrogens is 364 g/mol. The maximum absolute atomic E-state index is 12.6. The molecule has 0 aliphatic rings. The molecule has 6 heteroatoms. The molecular formula is C23H22N4O2. The first-order valence-corrected chi connectivity index (χ1v) is 9.69. The largest absolute Gasteiger partial charge is 0.494 e. The van der Waals surface area contributed by atoms with E-state index in [1.54, 1.807) is 16.9 Å². The average molecular weight is 386 g/mol. The fraction of sp³-hybridized carbons (Fsp3) is 0.174. The van der Waals surface area contributed by atoms with E-state index in [9.17, 15) is 4.79 Å². The minimum absolute atomic E-state index is 0.181. The van der Waals surface area contributed by atoms with Gasteiger partial charge in [0, 0.05) is 11.3 Å². The van der Waals surface area contributed by atoms with Gasteiger partial charge < -0.3 is 10.1 Å². The number of para-hydroxylation sites is 1. The zero-order chi connectivity index (χ0) is 20.1. The summed E-state index contributed by atoms with van der Waals surface area (Å²) in [5.74, 6) is 0.592. The Morgan fingerprint density at radius 3 is 2.48 bits per heavy atom. The quantitative estimate of drug-likeness (QED) is 0.461. The first-order valence-electron chi connectivity index (χ1n) is 9.69. The number of rotatable bonds is 7. The maximum atomic E-state index is 12.6. The predicted octanol–water partition coefficient (Wildman–Crippen LogP) is 4.85. The summed E-state index contributed by atoms with van der Waals surface area (Å²) in [6, 6.07) is 22.4. The second-order valence-corrected chi connectivity index (χ2v) is 6.71. The molecule has 0 aliphatic carbocycles. The number of carbonyl (C=O) groups is 1. The molecule has 6 nitrogen and oxygen atoms in total. The maximum Gasteiger partial charge on any atom is 0.255 e. The SMILES string of the molecule is CCCCOc1ccc(C(=O)Nc2ccc3nn(-c4ccccc4)nc3c2)cc1. The van der Waals surface area contributed by atoms with Crippen molar-refractivity contribution in [2.75, 3.05) is 11.9 Å². The van der Waals surface area contributed by atoms with Crippen LogP contribution in [0.15, 0.2) is 72.8 Å². The summed E-state index contributed by atoms with van der Waals surface area (Å²) in [5.41, 5.74) is 3.61. The van der Waals surface area contributed by atoms with Crippen LogP contribution in [0.5, 0.6) is 5.75 Å². The third-order valence-corrected chi connectivity index (χ3v) is 4.51. The first kappa shape index (κ1) is 18.7. The van der Waals surface area contributed by atoms with Crippen molar-refractivity contribution in [3.8, 4) is 11.4 Å². The molecule has 0 unspecified atom stereocenters. The van der Waals surface area contributed by atoms with Crippen LogP contribution in [0.25, 0.3) is 16.7 Å². The standard InChI is InChI=1S/C23H22N4O2/c1-2-3-15-29-20-12-9-17(10-13-20)23(28)24-18-11-14-21-22(16-18)26-27(25-21)19-7-5-4-6-8-19/h4-14,16H,2-3,15H2,1H3,(H,24,28). The second kappa shape index (κ2) is 8.56. The van der Waals surface area contributed by atoms with Gasteiger partial charge in [-0.05, 0) is 61.0 Å². The molecule has 0 aliphatic heterocycles. The summed E-state index contributed by atoms with van der Waals surface area (Å²) < 4.78 is 5.64. The van der Waals surface area contributed by atoms with Crippen LogP contribution in [0.2, 0.25) is 0 Å². The Labute approximate surface area is 169 Å². The second-order valence-electron chi connectivity index (χ2n) is 6.71. The van der Waals surface area contributed by atoms with Crippen molar-refractivity contribution >= 4 is 22.6 Å². The topological polar surface area (TPSA) is 69.0 Å². The minimum atomic E-state index is -0.181. The molecule has 0 atom stereocenters. The van der Waals surface area contributed by atoms with Crippen LogP contribution in [-0.4, -0.2) is 27.5 Å². The number of anilines is 1. The Bertz CT molecular complexity index is 1100. The first-order chi connectivity index (χ1) is 14.2. The molecule has 3 aromatic carbocycles. The highest BCUT2D eigenvalue weighted by Gasteiger charge is 2.09. The molecule has 4 rings (SSSR count). The third kappa shape index (κ3) is 4.43. The summed E-state index contributed by atoms with van der Waals surface area (Å²) in [5, 5.41) is 11.9. The van der Waals surface area contributed by atoms with Crippen molar-refractivity contribution in [1.29, 1.82) is 0 Å². The minimum Gasteiger partial charge on any atom is -0.494 e. The van der Waals surface area contributed by atoms with Crippen molar-refractivity contribution in [2.24, 2.45) is 0 Å². The van der Waals surface area contributed by atoms with Gasteiger partial charge in [0.1, 0.15) is 16.8 Å².